The van der Waals surface area contributed by atoms with Gasteiger partial charge in [0.2, 0.25) is 5.91 Å². The molecule has 2 aromatic rings. The average Bonchev–Trinajstić information content (AvgIpc) is 3.36. The topological polar surface area (TPSA) is 54.0 Å². The fourth-order valence-corrected chi connectivity index (χ4v) is 2.46. The summed E-state index contributed by atoms with van der Waals surface area (Å²) in [6, 6.07) is 10.1. The molecule has 22 heavy (non-hydrogen) atoms. The molecule has 1 saturated carbocycles. The molecule has 0 saturated heterocycles. The number of hydrogen-bond donors (Lipinski definition) is 2. The summed E-state index contributed by atoms with van der Waals surface area (Å²) >= 11 is 0. The van der Waals surface area contributed by atoms with Crippen LogP contribution in [0.15, 0.2) is 36.5 Å². The molecule has 0 spiro atoms. The summed E-state index contributed by atoms with van der Waals surface area (Å²) in [5.41, 5.74) is 4.34. The number of amides is 1. The highest BCUT2D eigenvalue weighted by Gasteiger charge is 2.29. The van der Waals surface area contributed by atoms with Gasteiger partial charge in [-0.3, -0.25) is 4.79 Å². The van der Waals surface area contributed by atoms with E-state index in [0.29, 0.717) is 0 Å². The number of aromatic nitrogens is 1. The second-order valence-corrected chi connectivity index (χ2v) is 5.78. The molecule has 0 bridgehead atoms. The minimum atomic E-state index is 0.106. The van der Waals surface area contributed by atoms with Crippen LogP contribution in [0, 0.1) is 12.8 Å². The molecule has 1 aliphatic carbocycles. The highest BCUT2D eigenvalue weighted by atomic mass is 16.2. The third-order valence-electron chi connectivity index (χ3n) is 3.97. The maximum Gasteiger partial charge on any atom is 0.227 e. The van der Waals surface area contributed by atoms with Crippen molar-refractivity contribution in [2.24, 2.45) is 5.92 Å². The molecule has 3 rings (SSSR count). The summed E-state index contributed by atoms with van der Waals surface area (Å²) in [7, 11) is 0. The van der Waals surface area contributed by atoms with E-state index in [0.717, 1.165) is 36.5 Å². The zero-order chi connectivity index (χ0) is 15.5. The maximum absolute atomic E-state index is 11.7. The number of aryl methyl sites for hydroxylation is 2. The number of pyridine rings is 1. The molecule has 0 unspecified atom stereocenters. The van der Waals surface area contributed by atoms with Gasteiger partial charge in [-0.05, 0) is 49.4 Å². The van der Waals surface area contributed by atoms with Crippen LogP contribution in [0.4, 0.5) is 17.2 Å². The monoisotopic (exact) mass is 295 g/mol. The van der Waals surface area contributed by atoms with Crippen molar-refractivity contribution in [1.29, 1.82) is 0 Å². The quantitative estimate of drug-likeness (QED) is 0.875. The fraction of sp³-hybridized carbons (Fsp3) is 0.333. The summed E-state index contributed by atoms with van der Waals surface area (Å²) in [6.45, 7) is 4.23. The van der Waals surface area contributed by atoms with E-state index in [9.17, 15) is 4.79 Å². The maximum atomic E-state index is 11.7. The van der Waals surface area contributed by atoms with Crippen molar-refractivity contribution in [3.63, 3.8) is 0 Å². The first-order chi connectivity index (χ1) is 10.7. The van der Waals surface area contributed by atoms with Gasteiger partial charge in [0, 0.05) is 11.6 Å². The molecular weight excluding hydrogens is 274 g/mol. The minimum absolute atomic E-state index is 0.106. The SMILES string of the molecule is CCc1cccc(C)c1Nc1ccc(NC(=O)C2CC2)cn1. The molecule has 114 valence electrons. The number of carbonyl (C=O) groups is 1. The molecular formula is C18H21N3O. The van der Waals surface area contributed by atoms with E-state index < -0.39 is 0 Å². The zero-order valence-electron chi connectivity index (χ0n) is 13.0. The smallest absolute Gasteiger partial charge is 0.227 e. The molecule has 0 radical (unpaired) electrons. The van der Waals surface area contributed by atoms with Gasteiger partial charge in [-0.15, -0.1) is 0 Å². The van der Waals surface area contributed by atoms with E-state index in [1.165, 1.54) is 11.1 Å². The number of nitrogens with zero attached hydrogens (tertiary/aromatic N) is 1. The lowest BCUT2D eigenvalue weighted by molar-refractivity contribution is -0.117. The summed E-state index contributed by atoms with van der Waals surface area (Å²) in [5, 5.41) is 6.28. The summed E-state index contributed by atoms with van der Waals surface area (Å²) in [5.74, 6) is 1.10. The zero-order valence-corrected chi connectivity index (χ0v) is 13.0. The van der Waals surface area contributed by atoms with Crippen molar-refractivity contribution in [2.75, 3.05) is 10.6 Å². The first kappa shape index (κ1) is 14.6. The molecule has 2 N–H and O–H groups in total. The first-order valence-electron chi connectivity index (χ1n) is 7.80. The van der Waals surface area contributed by atoms with Crippen molar-refractivity contribution in [2.45, 2.75) is 33.1 Å². The largest absolute Gasteiger partial charge is 0.340 e. The van der Waals surface area contributed by atoms with E-state index in [4.69, 9.17) is 0 Å². The summed E-state index contributed by atoms with van der Waals surface area (Å²) < 4.78 is 0. The van der Waals surface area contributed by atoms with E-state index >= 15 is 0 Å². The number of benzene rings is 1. The van der Waals surface area contributed by atoms with Crippen molar-refractivity contribution < 1.29 is 4.79 Å². The Morgan fingerprint density at radius 3 is 2.73 bits per heavy atom. The van der Waals surface area contributed by atoms with Crippen LogP contribution in [0.2, 0.25) is 0 Å². The Labute approximate surface area is 131 Å². The van der Waals surface area contributed by atoms with Crippen LogP contribution in [-0.2, 0) is 11.2 Å². The van der Waals surface area contributed by atoms with Crippen LogP contribution in [0.5, 0.6) is 0 Å². The second kappa shape index (κ2) is 6.18. The van der Waals surface area contributed by atoms with E-state index in [2.05, 4.69) is 47.7 Å². The number of rotatable bonds is 5. The molecule has 1 aromatic carbocycles. The number of hydrogen-bond acceptors (Lipinski definition) is 3. The predicted molar refractivity (Wildman–Crippen MR) is 89.4 cm³/mol. The predicted octanol–water partition coefficient (Wildman–Crippen LogP) is 4.04. The Morgan fingerprint density at radius 2 is 2.09 bits per heavy atom. The Hall–Kier alpha value is -2.36. The van der Waals surface area contributed by atoms with Gasteiger partial charge in [0.1, 0.15) is 5.82 Å². The number of nitrogens with one attached hydrogen (secondary N) is 2. The van der Waals surface area contributed by atoms with E-state index in [-0.39, 0.29) is 11.8 Å². The van der Waals surface area contributed by atoms with Gasteiger partial charge in [0.05, 0.1) is 11.9 Å². The molecule has 0 atom stereocenters. The second-order valence-electron chi connectivity index (χ2n) is 5.78. The Kier molecular flexibility index (Phi) is 4.09. The van der Waals surface area contributed by atoms with Gasteiger partial charge in [-0.25, -0.2) is 4.98 Å². The lowest BCUT2D eigenvalue weighted by Crippen LogP contribution is -2.13. The van der Waals surface area contributed by atoms with Crippen LogP contribution in [0.25, 0.3) is 0 Å². The fourth-order valence-electron chi connectivity index (χ4n) is 2.46. The Balaban J connectivity index is 1.72. The third-order valence-corrected chi connectivity index (χ3v) is 3.97. The van der Waals surface area contributed by atoms with Crippen molar-refractivity contribution >= 4 is 23.1 Å². The first-order valence-corrected chi connectivity index (χ1v) is 7.80. The highest BCUT2D eigenvalue weighted by Crippen LogP contribution is 2.30. The van der Waals surface area contributed by atoms with Gasteiger partial charge in [-0.2, -0.15) is 0 Å². The Bertz CT molecular complexity index is 675. The van der Waals surface area contributed by atoms with Gasteiger partial charge in [0.15, 0.2) is 0 Å². The molecule has 1 fully saturated rings. The lowest BCUT2D eigenvalue weighted by atomic mass is 10.1. The van der Waals surface area contributed by atoms with Gasteiger partial charge in [-0.1, -0.05) is 25.1 Å². The molecule has 1 amide bonds. The lowest BCUT2D eigenvalue weighted by Gasteiger charge is -2.13. The molecule has 1 aromatic heterocycles. The summed E-state index contributed by atoms with van der Waals surface area (Å²) in [6.07, 6.45) is 4.68. The van der Waals surface area contributed by atoms with Gasteiger partial charge in [0.25, 0.3) is 0 Å². The average molecular weight is 295 g/mol. The normalized spacial score (nSPS) is 13.7. The van der Waals surface area contributed by atoms with Crippen LogP contribution in [0.3, 0.4) is 0 Å². The van der Waals surface area contributed by atoms with Gasteiger partial charge < -0.3 is 10.6 Å². The van der Waals surface area contributed by atoms with Crippen LogP contribution >= 0.6 is 0 Å². The van der Waals surface area contributed by atoms with Crippen LogP contribution < -0.4 is 10.6 Å². The van der Waals surface area contributed by atoms with Gasteiger partial charge >= 0.3 is 0 Å². The molecule has 4 nitrogen and oxygen atoms in total. The summed E-state index contributed by atoms with van der Waals surface area (Å²) in [4.78, 5) is 16.1. The molecule has 0 aliphatic heterocycles. The number of para-hydroxylation sites is 1. The minimum Gasteiger partial charge on any atom is -0.340 e. The molecule has 1 aliphatic rings. The number of carbonyl (C=O) groups excluding carboxylic acids is 1. The van der Waals surface area contributed by atoms with Crippen molar-refractivity contribution in [3.05, 3.63) is 47.7 Å². The van der Waals surface area contributed by atoms with Crippen molar-refractivity contribution in [3.8, 4) is 0 Å². The van der Waals surface area contributed by atoms with Crippen LogP contribution in [-0.4, -0.2) is 10.9 Å². The molecule has 4 heteroatoms. The highest BCUT2D eigenvalue weighted by molar-refractivity contribution is 5.93. The van der Waals surface area contributed by atoms with E-state index in [1.807, 2.05) is 12.1 Å². The van der Waals surface area contributed by atoms with Crippen LogP contribution in [0.1, 0.15) is 30.9 Å². The third kappa shape index (κ3) is 3.27. The Morgan fingerprint density at radius 1 is 1.27 bits per heavy atom. The van der Waals surface area contributed by atoms with E-state index in [1.54, 1.807) is 6.20 Å². The molecule has 1 heterocycles. The number of anilines is 3. The van der Waals surface area contributed by atoms with Crippen molar-refractivity contribution in [1.82, 2.24) is 4.98 Å². The standard InChI is InChI=1S/C18H21N3O/c1-3-13-6-4-5-12(2)17(13)21-16-10-9-15(11-19-16)20-18(22)14-7-8-14/h4-6,9-11,14H,3,7-8H2,1-2H3,(H,19,21)(H,20,22).